The number of rotatable bonds is 7. The van der Waals surface area contributed by atoms with E-state index < -0.39 is 10.8 Å². The average Bonchev–Trinajstić information content (AvgIpc) is 2.39. The van der Waals surface area contributed by atoms with Gasteiger partial charge < -0.3 is 10.6 Å². The largest absolute Gasteiger partial charge is 0.370 e. The highest BCUT2D eigenvalue weighted by Crippen LogP contribution is 2.20. The number of anilines is 2. The Morgan fingerprint density at radius 1 is 1.21 bits per heavy atom. The van der Waals surface area contributed by atoms with Crippen molar-refractivity contribution in [2.75, 3.05) is 30.0 Å². The molecular formula is C13H24N4OS. The third-order valence-corrected chi connectivity index (χ3v) is 4.28. The van der Waals surface area contributed by atoms with Crippen LogP contribution in [0.4, 0.5) is 11.6 Å². The molecule has 0 bridgehead atoms. The summed E-state index contributed by atoms with van der Waals surface area (Å²) in [6.45, 7) is 9.51. The maximum Gasteiger partial charge on any atom is 0.134 e. The van der Waals surface area contributed by atoms with Crippen LogP contribution in [0.15, 0.2) is 0 Å². The van der Waals surface area contributed by atoms with Crippen LogP contribution in [-0.2, 0) is 17.2 Å². The van der Waals surface area contributed by atoms with Crippen molar-refractivity contribution in [3.63, 3.8) is 0 Å². The zero-order valence-electron chi connectivity index (χ0n) is 12.4. The van der Waals surface area contributed by atoms with E-state index >= 15 is 0 Å². The van der Waals surface area contributed by atoms with Crippen molar-refractivity contribution in [1.29, 1.82) is 0 Å². The number of hydrogen-bond donors (Lipinski definition) is 2. The lowest BCUT2D eigenvalue weighted by atomic mass is 10.2. The highest BCUT2D eigenvalue weighted by Gasteiger charge is 2.12. The third-order valence-electron chi connectivity index (χ3n) is 2.98. The molecule has 1 heterocycles. The standard InChI is InChI=1S/C13H24N4OS/c1-6-11-16-12(14-7-2)10(4)13(17-11)15-8-9(3)19(5)18/h9H,6-8H2,1-5H3,(H2,14,15,16,17). The van der Waals surface area contributed by atoms with Crippen LogP contribution in [0.2, 0.25) is 0 Å². The van der Waals surface area contributed by atoms with Gasteiger partial charge in [-0.2, -0.15) is 0 Å². The summed E-state index contributed by atoms with van der Waals surface area (Å²) in [5.74, 6) is 2.52. The SMILES string of the molecule is CCNc1nc(CC)nc(NCC(C)S(C)=O)c1C. The van der Waals surface area contributed by atoms with Crippen LogP contribution < -0.4 is 10.6 Å². The molecule has 0 saturated carbocycles. The van der Waals surface area contributed by atoms with E-state index in [0.717, 1.165) is 36.0 Å². The maximum absolute atomic E-state index is 11.4. The van der Waals surface area contributed by atoms with Gasteiger partial charge in [0.15, 0.2) is 0 Å². The first-order valence-electron chi connectivity index (χ1n) is 6.67. The zero-order chi connectivity index (χ0) is 14.4. The van der Waals surface area contributed by atoms with Gasteiger partial charge in [0, 0.05) is 47.4 Å². The molecule has 2 N–H and O–H groups in total. The summed E-state index contributed by atoms with van der Waals surface area (Å²) in [7, 11) is -0.828. The van der Waals surface area contributed by atoms with Crippen LogP contribution in [0.5, 0.6) is 0 Å². The van der Waals surface area contributed by atoms with Gasteiger partial charge in [-0.15, -0.1) is 0 Å². The van der Waals surface area contributed by atoms with Crippen molar-refractivity contribution in [3.8, 4) is 0 Å². The molecule has 0 radical (unpaired) electrons. The first-order valence-corrected chi connectivity index (χ1v) is 8.29. The van der Waals surface area contributed by atoms with Crippen LogP contribution in [0.25, 0.3) is 0 Å². The Bertz CT molecular complexity index is 451. The molecule has 0 spiro atoms. The molecule has 6 heteroatoms. The fourth-order valence-corrected chi connectivity index (χ4v) is 1.91. The van der Waals surface area contributed by atoms with E-state index in [1.54, 1.807) is 6.26 Å². The van der Waals surface area contributed by atoms with Crippen molar-refractivity contribution in [2.45, 2.75) is 39.4 Å². The van der Waals surface area contributed by atoms with Gasteiger partial charge in [-0.25, -0.2) is 9.97 Å². The van der Waals surface area contributed by atoms with Crippen molar-refractivity contribution in [2.24, 2.45) is 0 Å². The first kappa shape index (κ1) is 15.9. The molecule has 0 aromatic carbocycles. The molecule has 2 unspecified atom stereocenters. The van der Waals surface area contributed by atoms with Crippen molar-refractivity contribution < 1.29 is 4.21 Å². The van der Waals surface area contributed by atoms with Crippen LogP contribution in [0.1, 0.15) is 32.2 Å². The number of nitrogens with zero attached hydrogens (tertiary/aromatic N) is 2. The van der Waals surface area contributed by atoms with E-state index in [1.807, 2.05) is 27.7 Å². The highest BCUT2D eigenvalue weighted by molar-refractivity contribution is 7.84. The minimum atomic E-state index is -0.828. The molecule has 108 valence electrons. The monoisotopic (exact) mass is 284 g/mol. The first-order chi connectivity index (χ1) is 8.99. The molecule has 1 aromatic rings. The van der Waals surface area contributed by atoms with Crippen molar-refractivity contribution in [3.05, 3.63) is 11.4 Å². The topological polar surface area (TPSA) is 66.9 Å². The molecular weight excluding hydrogens is 260 g/mol. The Kier molecular flexibility index (Phi) is 6.21. The average molecular weight is 284 g/mol. The fraction of sp³-hybridized carbons (Fsp3) is 0.692. The summed E-state index contributed by atoms with van der Waals surface area (Å²) in [5.41, 5.74) is 1.01. The molecule has 0 saturated heterocycles. The lowest BCUT2D eigenvalue weighted by Crippen LogP contribution is -2.22. The second-order valence-electron chi connectivity index (χ2n) is 4.54. The molecule has 0 amide bonds. The van der Waals surface area contributed by atoms with E-state index in [2.05, 4.69) is 20.6 Å². The molecule has 0 fully saturated rings. The second kappa shape index (κ2) is 7.43. The molecule has 1 aromatic heterocycles. The lowest BCUT2D eigenvalue weighted by molar-refractivity contribution is 0.678. The van der Waals surface area contributed by atoms with Crippen LogP contribution >= 0.6 is 0 Å². The minimum Gasteiger partial charge on any atom is -0.370 e. The predicted molar refractivity (Wildman–Crippen MR) is 82.3 cm³/mol. The maximum atomic E-state index is 11.4. The van der Waals surface area contributed by atoms with Crippen LogP contribution in [-0.4, -0.2) is 38.8 Å². The van der Waals surface area contributed by atoms with Crippen LogP contribution in [0, 0.1) is 6.92 Å². The third kappa shape index (κ3) is 4.45. The lowest BCUT2D eigenvalue weighted by Gasteiger charge is -2.16. The Hall–Kier alpha value is -1.17. The number of aromatic nitrogens is 2. The molecule has 2 atom stereocenters. The molecule has 5 nitrogen and oxygen atoms in total. The second-order valence-corrected chi connectivity index (χ2v) is 6.34. The quantitative estimate of drug-likeness (QED) is 0.801. The van der Waals surface area contributed by atoms with Gasteiger partial charge in [0.2, 0.25) is 0 Å². The summed E-state index contributed by atoms with van der Waals surface area (Å²) >= 11 is 0. The van der Waals surface area contributed by atoms with Gasteiger partial charge in [0.1, 0.15) is 17.5 Å². The summed E-state index contributed by atoms with van der Waals surface area (Å²) < 4.78 is 11.4. The Labute approximate surface area is 118 Å². The van der Waals surface area contributed by atoms with E-state index in [4.69, 9.17) is 0 Å². The summed E-state index contributed by atoms with van der Waals surface area (Å²) in [6.07, 6.45) is 2.52. The van der Waals surface area contributed by atoms with E-state index in [0.29, 0.717) is 6.54 Å². The smallest absolute Gasteiger partial charge is 0.134 e. The fourth-order valence-electron chi connectivity index (χ4n) is 1.59. The van der Waals surface area contributed by atoms with Crippen LogP contribution in [0.3, 0.4) is 0 Å². The van der Waals surface area contributed by atoms with Gasteiger partial charge in [0.05, 0.1) is 0 Å². The Balaban J connectivity index is 2.92. The Morgan fingerprint density at radius 2 is 1.79 bits per heavy atom. The molecule has 0 aliphatic carbocycles. The predicted octanol–water partition coefficient (Wildman–Crippen LogP) is 1.96. The Morgan fingerprint density at radius 3 is 2.26 bits per heavy atom. The van der Waals surface area contributed by atoms with E-state index in [-0.39, 0.29) is 5.25 Å². The number of nitrogens with one attached hydrogen (secondary N) is 2. The van der Waals surface area contributed by atoms with E-state index in [9.17, 15) is 4.21 Å². The highest BCUT2D eigenvalue weighted by atomic mass is 32.2. The molecule has 1 rings (SSSR count). The summed E-state index contributed by atoms with van der Waals surface area (Å²) in [6, 6.07) is 0. The summed E-state index contributed by atoms with van der Waals surface area (Å²) in [5, 5.41) is 6.63. The zero-order valence-corrected chi connectivity index (χ0v) is 13.2. The van der Waals surface area contributed by atoms with Gasteiger partial charge >= 0.3 is 0 Å². The molecule has 0 aliphatic rings. The number of aryl methyl sites for hydroxylation is 1. The normalized spacial score (nSPS) is 13.9. The van der Waals surface area contributed by atoms with Crippen molar-refractivity contribution >= 4 is 22.4 Å². The van der Waals surface area contributed by atoms with Gasteiger partial charge in [-0.1, -0.05) is 6.92 Å². The van der Waals surface area contributed by atoms with Gasteiger partial charge in [-0.05, 0) is 20.8 Å². The van der Waals surface area contributed by atoms with Gasteiger partial charge in [0.25, 0.3) is 0 Å². The molecule has 0 aliphatic heterocycles. The van der Waals surface area contributed by atoms with Gasteiger partial charge in [-0.3, -0.25) is 4.21 Å². The van der Waals surface area contributed by atoms with Crippen molar-refractivity contribution in [1.82, 2.24) is 9.97 Å². The van der Waals surface area contributed by atoms with E-state index in [1.165, 1.54) is 0 Å². The minimum absolute atomic E-state index is 0.0991. The molecule has 19 heavy (non-hydrogen) atoms. The summed E-state index contributed by atoms with van der Waals surface area (Å²) in [4.78, 5) is 8.98. The number of hydrogen-bond acceptors (Lipinski definition) is 5.